The zero-order valence-corrected chi connectivity index (χ0v) is 12.4. The van der Waals surface area contributed by atoms with Crippen LogP contribution in [0.2, 0.25) is 0 Å². The lowest BCUT2D eigenvalue weighted by molar-refractivity contribution is 0.0586. The van der Waals surface area contributed by atoms with E-state index in [4.69, 9.17) is 35.0 Å². The molecule has 0 rings (SSSR count). The van der Waals surface area contributed by atoms with Gasteiger partial charge in [0, 0.05) is 16.9 Å². The van der Waals surface area contributed by atoms with Gasteiger partial charge in [0.2, 0.25) is 0 Å². The summed E-state index contributed by atoms with van der Waals surface area (Å²) in [7, 11) is 0. The van der Waals surface area contributed by atoms with E-state index in [0.29, 0.717) is 26.1 Å². The highest BCUT2D eigenvalue weighted by Gasteiger charge is 2.25. The van der Waals surface area contributed by atoms with Crippen LogP contribution in [0.4, 0.5) is 0 Å². The molecule has 0 spiro atoms. The fraction of sp³-hybridized carbons (Fsp3) is 0.600. The second-order valence-electron chi connectivity index (χ2n) is 4.32. The minimum absolute atomic E-state index is 0.146. The second kappa shape index (κ2) is 14.3. The van der Waals surface area contributed by atoms with E-state index in [1.54, 1.807) is 0 Å². The Morgan fingerprint density at radius 3 is 1.76 bits per heavy atom. The van der Waals surface area contributed by atoms with E-state index in [2.05, 4.69) is 27.8 Å². The number of rotatable bonds is 8. The average Bonchev–Trinajstić information content (AvgIpc) is 2.51. The molecule has 0 unspecified atom stereocenters. The molecule has 0 radical (unpaired) electrons. The molecule has 0 atom stereocenters. The SMILES string of the molecule is C#CCN(CC#C)CC#C.CCC(CO)(CO)CN=[N+]=[N-]. The summed E-state index contributed by atoms with van der Waals surface area (Å²) in [5.74, 6) is 7.42. The van der Waals surface area contributed by atoms with Gasteiger partial charge in [0.1, 0.15) is 0 Å². The Hall–Kier alpha value is -2.13. The molecule has 0 saturated heterocycles. The fourth-order valence-electron chi connectivity index (χ4n) is 1.22. The van der Waals surface area contributed by atoms with E-state index in [1.807, 2.05) is 11.8 Å². The van der Waals surface area contributed by atoms with Crippen molar-refractivity contribution in [2.75, 3.05) is 39.4 Å². The summed E-state index contributed by atoms with van der Waals surface area (Å²) < 4.78 is 0. The maximum atomic E-state index is 8.86. The minimum atomic E-state index is -0.633. The van der Waals surface area contributed by atoms with Crippen LogP contribution in [0.5, 0.6) is 0 Å². The highest BCUT2D eigenvalue weighted by Crippen LogP contribution is 2.20. The zero-order valence-electron chi connectivity index (χ0n) is 12.4. The van der Waals surface area contributed by atoms with Crippen LogP contribution in [-0.2, 0) is 0 Å². The number of azide groups is 1. The largest absolute Gasteiger partial charge is 0.396 e. The Kier molecular flexibility index (Phi) is 14.4. The molecule has 21 heavy (non-hydrogen) atoms. The highest BCUT2D eigenvalue weighted by molar-refractivity contribution is 4.99. The van der Waals surface area contributed by atoms with Gasteiger partial charge in [-0.05, 0) is 12.0 Å². The number of aliphatic hydroxyl groups is 2. The van der Waals surface area contributed by atoms with Crippen LogP contribution in [-0.4, -0.2) is 54.5 Å². The van der Waals surface area contributed by atoms with Gasteiger partial charge in [-0.3, -0.25) is 4.90 Å². The first-order valence-electron chi connectivity index (χ1n) is 6.35. The number of terminal acetylenes is 3. The molecule has 6 nitrogen and oxygen atoms in total. The molecule has 0 bridgehead atoms. The van der Waals surface area contributed by atoms with E-state index in [9.17, 15) is 0 Å². The Labute approximate surface area is 126 Å². The maximum Gasteiger partial charge on any atom is 0.0616 e. The summed E-state index contributed by atoms with van der Waals surface area (Å²) in [6.07, 6.45) is 15.8. The molecule has 0 aromatic rings. The Balaban J connectivity index is 0. The molecule has 0 aromatic heterocycles. The first kappa shape index (κ1) is 21.2. The second-order valence-corrected chi connectivity index (χ2v) is 4.32. The van der Waals surface area contributed by atoms with Crippen molar-refractivity contribution in [2.24, 2.45) is 10.5 Å². The van der Waals surface area contributed by atoms with Crippen LogP contribution in [0.1, 0.15) is 13.3 Å². The van der Waals surface area contributed by atoms with Crippen LogP contribution in [0, 0.1) is 42.4 Å². The summed E-state index contributed by atoms with van der Waals surface area (Å²) in [6.45, 7) is 3.24. The summed E-state index contributed by atoms with van der Waals surface area (Å²) in [4.78, 5) is 4.40. The summed E-state index contributed by atoms with van der Waals surface area (Å²) in [6, 6.07) is 0. The van der Waals surface area contributed by atoms with Crippen molar-refractivity contribution in [3.63, 3.8) is 0 Å². The molecule has 0 saturated carbocycles. The molecular weight excluding hydrogens is 268 g/mol. The molecule has 114 valence electrons. The first-order chi connectivity index (χ1) is 10.1. The Bertz CT molecular complexity index is 386. The van der Waals surface area contributed by atoms with Crippen LogP contribution in [0.25, 0.3) is 10.4 Å². The molecule has 2 N–H and O–H groups in total. The average molecular weight is 290 g/mol. The van der Waals surface area contributed by atoms with E-state index < -0.39 is 5.41 Å². The molecular formula is C15H22N4O2. The van der Waals surface area contributed by atoms with E-state index in [0.717, 1.165) is 0 Å². The minimum Gasteiger partial charge on any atom is -0.396 e. The van der Waals surface area contributed by atoms with Gasteiger partial charge >= 0.3 is 0 Å². The van der Waals surface area contributed by atoms with Crippen LogP contribution in [0.3, 0.4) is 0 Å². The lowest BCUT2D eigenvalue weighted by Crippen LogP contribution is -2.32. The van der Waals surface area contributed by atoms with Crippen molar-refractivity contribution >= 4 is 0 Å². The van der Waals surface area contributed by atoms with E-state index >= 15 is 0 Å². The summed E-state index contributed by atoms with van der Waals surface area (Å²) in [5, 5.41) is 21.0. The predicted octanol–water partition coefficient (Wildman–Crippen LogP) is 0.866. The maximum absolute atomic E-state index is 8.86. The molecule has 0 fully saturated rings. The molecule has 0 aliphatic carbocycles. The van der Waals surface area contributed by atoms with Gasteiger partial charge < -0.3 is 10.2 Å². The molecule has 0 amide bonds. The van der Waals surface area contributed by atoms with Crippen LogP contribution in [0.15, 0.2) is 5.11 Å². The normalized spacial score (nSPS) is 9.38. The molecule has 0 aliphatic heterocycles. The lowest BCUT2D eigenvalue weighted by atomic mass is 9.87. The lowest BCUT2D eigenvalue weighted by Gasteiger charge is -2.25. The zero-order chi connectivity index (χ0) is 16.6. The first-order valence-corrected chi connectivity index (χ1v) is 6.35. The molecule has 0 aliphatic rings. The van der Waals surface area contributed by atoms with Crippen molar-refractivity contribution in [3.8, 4) is 37.0 Å². The molecule has 0 heterocycles. The third-order valence-corrected chi connectivity index (χ3v) is 2.83. The van der Waals surface area contributed by atoms with Gasteiger partial charge in [0.25, 0.3) is 0 Å². The van der Waals surface area contributed by atoms with Gasteiger partial charge in [-0.25, -0.2) is 0 Å². The van der Waals surface area contributed by atoms with Crippen molar-refractivity contribution in [2.45, 2.75) is 13.3 Å². The van der Waals surface area contributed by atoms with E-state index in [1.165, 1.54) is 0 Å². The predicted molar refractivity (Wildman–Crippen MR) is 83.8 cm³/mol. The van der Waals surface area contributed by atoms with Crippen molar-refractivity contribution in [1.29, 1.82) is 0 Å². The van der Waals surface area contributed by atoms with Gasteiger partial charge in [-0.2, -0.15) is 0 Å². The van der Waals surface area contributed by atoms with Gasteiger partial charge in [0.05, 0.1) is 32.8 Å². The summed E-state index contributed by atoms with van der Waals surface area (Å²) in [5.41, 5.74) is 7.38. The monoisotopic (exact) mass is 290 g/mol. The van der Waals surface area contributed by atoms with Gasteiger partial charge in [-0.15, -0.1) is 19.3 Å². The quantitative estimate of drug-likeness (QED) is 0.300. The topological polar surface area (TPSA) is 92.5 Å². The molecule has 6 heteroatoms. The Morgan fingerprint density at radius 1 is 1.10 bits per heavy atom. The van der Waals surface area contributed by atoms with Gasteiger partial charge in [0.15, 0.2) is 0 Å². The third kappa shape index (κ3) is 10.3. The standard InChI is InChI=1S/C9H9N.C6H13N3O2/c1-4-7-10(8-5-2)9-6-3;1-2-6(4-10,5-11)3-8-9-7/h1-3H,7-9H2;10-11H,2-5H2,1H3. The smallest absolute Gasteiger partial charge is 0.0616 e. The molecule has 0 aromatic carbocycles. The van der Waals surface area contributed by atoms with Crippen LogP contribution < -0.4 is 0 Å². The fourth-order valence-corrected chi connectivity index (χ4v) is 1.22. The van der Waals surface area contributed by atoms with Crippen molar-refractivity contribution in [1.82, 2.24) is 4.90 Å². The number of hydrogen-bond donors (Lipinski definition) is 2. The number of nitrogens with zero attached hydrogens (tertiary/aromatic N) is 4. The van der Waals surface area contributed by atoms with Crippen molar-refractivity contribution in [3.05, 3.63) is 10.4 Å². The third-order valence-electron chi connectivity index (χ3n) is 2.83. The van der Waals surface area contributed by atoms with E-state index in [-0.39, 0.29) is 19.8 Å². The number of aliphatic hydroxyl groups excluding tert-OH is 2. The summed E-state index contributed by atoms with van der Waals surface area (Å²) >= 11 is 0. The van der Waals surface area contributed by atoms with Gasteiger partial charge in [-0.1, -0.05) is 29.8 Å². The highest BCUT2D eigenvalue weighted by atomic mass is 16.3. The van der Waals surface area contributed by atoms with Crippen LogP contribution >= 0.6 is 0 Å². The Morgan fingerprint density at radius 2 is 1.52 bits per heavy atom. The number of hydrogen-bond acceptors (Lipinski definition) is 4. The van der Waals surface area contributed by atoms with Crippen molar-refractivity contribution < 1.29 is 10.2 Å².